The molecule has 7 unspecified atom stereocenters. The lowest BCUT2D eigenvalue weighted by atomic mass is 9.51. The van der Waals surface area contributed by atoms with Crippen LogP contribution in [0.3, 0.4) is 0 Å². The number of nitrogens with one attached hydrogen (secondary N) is 1. The number of piperidine rings is 1. The summed E-state index contributed by atoms with van der Waals surface area (Å²) >= 11 is 0. The number of likely N-dealkylation sites (tertiary alicyclic amines) is 1. The van der Waals surface area contributed by atoms with Crippen LogP contribution >= 0.6 is 12.4 Å². The first-order valence-electron chi connectivity index (χ1n) is 9.01. The van der Waals surface area contributed by atoms with Gasteiger partial charge >= 0.3 is 0 Å². The van der Waals surface area contributed by atoms with Crippen molar-refractivity contribution in [2.24, 2.45) is 23.2 Å². The number of nitrogens with zero attached hydrogens (tertiary/aromatic N) is 1. The van der Waals surface area contributed by atoms with Crippen molar-refractivity contribution >= 4 is 24.0 Å². The van der Waals surface area contributed by atoms with Gasteiger partial charge in [0.2, 0.25) is 5.91 Å². The monoisotopic (exact) mass is 358 g/mol. The van der Waals surface area contributed by atoms with Crippen LogP contribution in [0.5, 0.6) is 0 Å². The summed E-state index contributed by atoms with van der Waals surface area (Å²) in [5, 5.41) is 3.18. The summed E-state index contributed by atoms with van der Waals surface area (Å²) in [5.41, 5.74) is 1.61. The second kappa shape index (κ2) is 4.67. The first-order chi connectivity index (χ1) is 11.6. The van der Waals surface area contributed by atoms with Gasteiger partial charge in [-0.05, 0) is 31.0 Å². The summed E-state index contributed by atoms with van der Waals surface area (Å²) in [7, 11) is 2.21. The average Bonchev–Trinajstić information content (AvgIpc) is 3.08. The van der Waals surface area contributed by atoms with Gasteiger partial charge in [-0.25, -0.2) is 0 Å². The Balaban J connectivity index is 0.00000140. The molecule has 1 aromatic rings. The van der Waals surface area contributed by atoms with E-state index in [1.807, 2.05) is 12.1 Å². The number of carbonyl (C=O) groups excluding carboxylic acids is 1. The van der Waals surface area contributed by atoms with Crippen LogP contribution in [0, 0.1) is 23.2 Å². The molecule has 5 bridgehead atoms. The maximum Gasteiger partial charge on any atom is 0.238 e. The topological polar surface area (TPSA) is 41.6 Å². The zero-order valence-corrected chi connectivity index (χ0v) is 15.1. The number of hydrogen-bond donors (Lipinski definition) is 1. The predicted octanol–water partition coefficient (Wildman–Crippen LogP) is 2.45. The highest BCUT2D eigenvalue weighted by atomic mass is 35.5. The average molecular weight is 359 g/mol. The first-order valence-corrected chi connectivity index (χ1v) is 9.01. The van der Waals surface area contributed by atoms with Crippen LogP contribution in [-0.4, -0.2) is 43.2 Å². The fraction of sp³-hybridized carbons (Fsp3) is 0.550. The molecule has 2 saturated carbocycles. The van der Waals surface area contributed by atoms with Crippen LogP contribution in [0.1, 0.15) is 12.0 Å². The number of para-hydroxylation sites is 1. The third-order valence-corrected chi connectivity index (χ3v) is 7.93. The van der Waals surface area contributed by atoms with E-state index in [9.17, 15) is 4.79 Å². The van der Waals surface area contributed by atoms with E-state index < -0.39 is 5.41 Å². The maximum absolute atomic E-state index is 13.4. The largest absolute Gasteiger partial charge is 0.376 e. The molecule has 2 saturated heterocycles. The van der Waals surface area contributed by atoms with Crippen LogP contribution in [-0.2, 0) is 14.9 Å². The van der Waals surface area contributed by atoms with E-state index in [1.165, 1.54) is 0 Å². The number of fused-ring (bicyclic) bond motifs is 5. The van der Waals surface area contributed by atoms with Gasteiger partial charge in [-0.15, -0.1) is 19.0 Å². The number of carbonyl (C=O) groups is 1. The van der Waals surface area contributed by atoms with Gasteiger partial charge < -0.3 is 15.0 Å². The summed E-state index contributed by atoms with van der Waals surface area (Å²) in [6.07, 6.45) is 3.17. The summed E-state index contributed by atoms with van der Waals surface area (Å²) in [6, 6.07) is 8.64. The van der Waals surface area contributed by atoms with Crippen molar-refractivity contribution in [3.63, 3.8) is 0 Å². The van der Waals surface area contributed by atoms with Crippen LogP contribution in [0.4, 0.5) is 5.69 Å². The highest BCUT2D eigenvalue weighted by Gasteiger charge is 2.79. The van der Waals surface area contributed by atoms with E-state index in [0.717, 1.165) is 30.8 Å². The van der Waals surface area contributed by atoms with Crippen molar-refractivity contribution in [1.82, 2.24) is 4.90 Å². The summed E-state index contributed by atoms with van der Waals surface area (Å²) in [4.78, 5) is 15.9. The Labute approximate surface area is 154 Å². The molecule has 132 valence electrons. The molecule has 4 fully saturated rings. The molecule has 5 heteroatoms. The number of ether oxygens (including phenoxy) is 1. The van der Waals surface area contributed by atoms with Crippen molar-refractivity contribution in [2.45, 2.75) is 24.0 Å². The van der Waals surface area contributed by atoms with Crippen molar-refractivity contribution in [3.05, 3.63) is 42.5 Å². The molecular formula is C20H23ClN2O2. The third kappa shape index (κ3) is 1.41. The van der Waals surface area contributed by atoms with Gasteiger partial charge in [0.15, 0.2) is 0 Å². The zero-order valence-electron chi connectivity index (χ0n) is 14.3. The molecule has 7 atom stereocenters. The maximum atomic E-state index is 13.4. The Bertz CT molecular complexity index is 798. The number of hydrogen-bond acceptors (Lipinski definition) is 3. The SMILES string of the molecule is C=CC12CN(C)C3C4COC(CC41)C1(C(=O)Nc4ccccc41)C32.Cl. The van der Waals surface area contributed by atoms with Crippen LogP contribution in [0.15, 0.2) is 36.9 Å². The highest BCUT2D eigenvalue weighted by molar-refractivity contribution is 6.07. The quantitative estimate of drug-likeness (QED) is 0.784. The van der Waals surface area contributed by atoms with Gasteiger partial charge in [0.1, 0.15) is 5.41 Å². The third-order valence-electron chi connectivity index (χ3n) is 7.93. The van der Waals surface area contributed by atoms with E-state index >= 15 is 0 Å². The minimum atomic E-state index is -0.554. The number of amides is 1. The van der Waals surface area contributed by atoms with Crippen molar-refractivity contribution < 1.29 is 9.53 Å². The number of halogens is 1. The summed E-state index contributed by atoms with van der Waals surface area (Å²) in [6.45, 7) is 6.06. The molecule has 0 aromatic heterocycles. The summed E-state index contributed by atoms with van der Waals surface area (Å²) in [5.74, 6) is 1.56. The van der Waals surface area contributed by atoms with Gasteiger partial charge in [0, 0.05) is 35.5 Å². The molecule has 3 aliphatic heterocycles. The minimum Gasteiger partial charge on any atom is -0.376 e. The Morgan fingerprint density at radius 3 is 3.00 bits per heavy atom. The number of anilines is 1. The predicted molar refractivity (Wildman–Crippen MR) is 97.9 cm³/mol. The Hall–Kier alpha value is -1.36. The molecule has 3 heterocycles. The van der Waals surface area contributed by atoms with Gasteiger partial charge in [0.05, 0.1) is 12.7 Å². The van der Waals surface area contributed by atoms with Crippen LogP contribution < -0.4 is 5.32 Å². The van der Waals surface area contributed by atoms with Gasteiger partial charge in [-0.2, -0.15) is 0 Å². The van der Waals surface area contributed by atoms with E-state index in [4.69, 9.17) is 4.74 Å². The van der Waals surface area contributed by atoms with E-state index in [-0.39, 0.29) is 35.8 Å². The molecule has 1 spiro atoms. The standard InChI is InChI=1S/C20H22N2O2.ClH/c1-3-19-10-22(2)16-11-9-24-15(8-13(11)19)20(17(16)19)12-6-4-5-7-14(12)21-18(20)23;/h3-7,11,13,15-17H,1,8-10H2,2H3,(H,21,23);1H. The van der Waals surface area contributed by atoms with Gasteiger partial charge in [-0.1, -0.05) is 24.3 Å². The van der Waals surface area contributed by atoms with Crippen LogP contribution in [0.25, 0.3) is 0 Å². The molecule has 0 radical (unpaired) electrons. The molecule has 2 aliphatic carbocycles. The number of rotatable bonds is 1. The first kappa shape index (κ1) is 15.9. The second-order valence-electron chi connectivity index (χ2n) is 8.40. The molecule has 1 N–H and O–H groups in total. The van der Waals surface area contributed by atoms with E-state index in [0.29, 0.717) is 17.9 Å². The summed E-state index contributed by atoms with van der Waals surface area (Å²) < 4.78 is 6.34. The molecule has 4 nitrogen and oxygen atoms in total. The lowest BCUT2D eigenvalue weighted by molar-refractivity contribution is -0.153. The van der Waals surface area contributed by atoms with E-state index in [2.05, 4.69) is 42.1 Å². The number of benzene rings is 1. The van der Waals surface area contributed by atoms with Gasteiger partial charge in [0.25, 0.3) is 0 Å². The fourth-order valence-corrected chi connectivity index (χ4v) is 7.38. The Morgan fingerprint density at radius 1 is 1.40 bits per heavy atom. The smallest absolute Gasteiger partial charge is 0.238 e. The lowest BCUT2D eigenvalue weighted by Crippen LogP contribution is -2.62. The van der Waals surface area contributed by atoms with Crippen LogP contribution in [0.2, 0.25) is 0 Å². The van der Waals surface area contributed by atoms with Crippen molar-refractivity contribution in [1.29, 1.82) is 0 Å². The van der Waals surface area contributed by atoms with E-state index in [1.54, 1.807) is 0 Å². The normalized spacial score (nSPS) is 48.4. The molecule has 25 heavy (non-hydrogen) atoms. The van der Waals surface area contributed by atoms with Crippen molar-refractivity contribution in [3.8, 4) is 0 Å². The Morgan fingerprint density at radius 2 is 2.20 bits per heavy atom. The fourth-order valence-electron chi connectivity index (χ4n) is 7.38. The molecule has 1 amide bonds. The Kier molecular flexibility index (Phi) is 2.96. The highest BCUT2D eigenvalue weighted by Crippen LogP contribution is 2.73. The van der Waals surface area contributed by atoms with Gasteiger partial charge in [-0.3, -0.25) is 4.79 Å². The molecule has 5 aliphatic rings. The zero-order chi connectivity index (χ0) is 16.3. The lowest BCUT2D eigenvalue weighted by Gasteiger charge is -2.54. The molecule has 1 aromatic carbocycles. The van der Waals surface area contributed by atoms with Crippen molar-refractivity contribution in [2.75, 3.05) is 25.5 Å². The minimum absolute atomic E-state index is 0. The molecular weight excluding hydrogens is 336 g/mol. The second-order valence-corrected chi connectivity index (χ2v) is 8.40. The molecule has 6 rings (SSSR count).